The van der Waals surface area contributed by atoms with Crippen LogP contribution in [0.2, 0.25) is 0 Å². The van der Waals surface area contributed by atoms with Crippen molar-refractivity contribution in [3.63, 3.8) is 0 Å². The standard InChI is InChI=1S/C21H38N2O4.2ClH/c1-14(2)19-8-7-9-20(26-12-17(24)10-22-15(3)4)21(19)27-13-18(25)11-23-16(5)6;;/h7-9,14-18,22-25H,10-13H2,1-6H3;2*1H. The molecule has 0 aromatic heterocycles. The molecular formula is C21H40Cl2N2O4. The van der Waals surface area contributed by atoms with E-state index < -0.39 is 12.2 Å². The normalized spacial score (nSPS) is 13.1. The predicted octanol–water partition coefficient (Wildman–Crippen LogP) is 3.13. The largest absolute Gasteiger partial charge is 0.487 e. The molecule has 0 amide bonds. The number of benzene rings is 1. The smallest absolute Gasteiger partial charge is 0.164 e. The van der Waals surface area contributed by atoms with Crippen LogP contribution in [0.5, 0.6) is 11.5 Å². The molecule has 0 aliphatic carbocycles. The van der Waals surface area contributed by atoms with Gasteiger partial charge in [-0.05, 0) is 12.0 Å². The van der Waals surface area contributed by atoms with Gasteiger partial charge >= 0.3 is 0 Å². The van der Waals surface area contributed by atoms with E-state index in [1.54, 1.807) is 0 Å². The van der Waals surface area contributed by atoms with Crippen molar-refractivity contribution in [3.8, 4) is 11.5 Å². The Kier molecular flexibility index (Phi) is 16.8. The summed E-state index contributed by atoms with van der Waals surface area (Å²) in [6.07, 6.45) is -1.22. The zero-order chi connectivity index (χ0) is 20.4. The zero-order valence-corrected chi connectivity index (χ0v) is 20.1. The summed E-state index contributed by atoms with van der Waals surface area (Å²) < 4.78 is 11.8. The Morgan fingerprint density at radius 1 is 0.793 bits per heavy atom. The molecule has 0 fully saturated rings. The highest BCUT2D eigenvalue weighted by molar-refractivity contribution is 5.85. The van der Waals surface area contributed by atoms with E-state index in [1.807, 2.05) is 45.9 Å². The number of rotatable bonds is 13. The van der Waals surface area contributed by atoms with Crippen molar-refractivity contribution in [2.45, 2.75) is 71.8 Å². The van der Waals surface area contributed by atoms with Crippen LogP contribution in [0.25, 0.3) is 0 Å². The van der Waals surface area contributed by atoms with E-state index in [-0.39, 0.29) is 43.9 Å². The summed E-state index contributed by atoms with van der Waals surface area (Å²) in [6.45, 7) is 13.6. The Balaban J connectivity index is 0. The van der Waals surface area contributed by atoms with Gasteiger partial charge in [-0.3, -0.25) is 0 Å². The van der Waals surface area contributed by atoms with Crippen molar-refractivity contribution in [1.29, 1.82) is 0 Å². The first-order valence-electron chi connectivity index (χ1n) is 9.92. The number of ether oxygens (including phenoxy) is 2. The lowest BCUT2D eigenvalue weighted by atomic mass is 10.0. The van der Waals surface area contributed by atoms with Gasteiger partial charge in [-0.15, -0.1) is 24.8 Å². The monoisotopic (exact) mass is 454 g/mol. The quantitative estimate of drug-likeness (QED) is 0.366. The molecule has 0 aliphatic heterocycles. The Bertz CT molecular complexity index is 545. The fourth-order valence-corrected chi connectivity index (χ4v) is 2.48. The lowest BCUT2D eigenvalue weighted by Crippen LogP contribution is -2.35. The summed E-state index contributed by atoms with van der Waals surface area (Å²) in [4.78, 5) is 0. The molecule has 8 heteroatoms. The first kappa shape index (κ1) is 30.4. The number of para-hydroxylation sites is 1. The van der Waals surface area contributed by atoms with Gasteiger partial charge in [-0.25, -0.2) is 0 Å². The minimum Gasteiger partial charge on any atom is -0.487 e. The number of hydrogen-bond acceptors (Lipinski definition) is 6. The lowest BCUT2D eigenvalue weighted by Gasteiger charge is -2.21. The van der Waals surface area contributed by atoms with E-state index in [2.05, 4.69) is 24.5 Å². The number of halogens is 2. The van der Waals surface area contributed by atoms with Crippen LogP contribution in [-0.4, -0.2) is 60.8 Å². The Morgan fingerprint density at radius 3 is 1.72 bits per heavy atom. The second kappa shape index (κ2) is 16.0. The van der Waals surface area contributed by atoms with Gasteiger partial charge in [0.2, 0.25) is 0 Å². The van der Waals surface area contributed by atoms with E-state index in [9.17, 15) is 10.2 Å². The average Bonchev–Trinajstić information content (AvgIpc) is 2.61. The first-order chi connectivity index (χ1) is 12.7. The van der Waals surface area contributed by atoms with Crippen molar-refractivity contribution < 1.29 is 19.7 Å². The third kappa shape index (κ3) is 12.5. The highest BCUT2D eigenvalue weighted by Crippen LogP contribution is 2.36. The van der Waals surface area contributed by atoms with Crippen LogP contribution in [0.3, 0.4) is 0 Å². The third-order valence-electron chi connectivity index (χ3n) is 4.01. The molecule has 0 saturated carbocycles. The summed E-state index contributed by atoms with van der Waals surface area (Å²) in [5.74, 6) is 1.48. The summed E-state index contributed by atoms with van der Waals surface area (Å²) in [7, 11) is 0. The van der Waals surface area contributed by atoms with E-state index in [4.69, 9.17) is 9.47 Å². The predicted molar refractivity (Wildman–Crippen MR) is 124 cm³/mol. The van der Waals surface area contributed by atoms with Crippen LogP contribution in [0.4, 0.5) is 0 Å². The van der Waals surface area contributed by atoms with Crippen LogP contribution in [0.1, 0.15) is 53.0 Å². The summed E-state index contributed by atoms with van der Waals surface area (Å²) in [6, 6.07) is 6.38. The molecule has 1 aromatic rings. The molecule has 0 aliphatic rings. The van der Waals surface area contributed by atoms with Crippen molar-refractivity contribution in [2.24, 2.45) is 0 Å². The molecule has 1 rings (SSSR count). The second-order valence-electron chi connectivity index (χ2n) is 7.88. The molecule has 29 heavy (non-hydrogen) atoms. The Morgan fingerprint density at radius 2 is 1.28 bits per heavy atom. The van der Waals surface area contributed by atoms with Crippen molar-refractivity contribution in [3.05, 3.63) is 23.8 Å². The molecule has 0 radical (unpaired) electrons. The molecule has 1 aromatic carbocycles. The van der Waals surface area contributed by atoms with E-state index in [1.165, 1.54) is 0 Å². The highest BCUT2D eigenvalue weighted by atomic mass is 35.5. The maximum atomic E-state index is 10.1. The molecule has 2 unspecified atom stereocenters. The van der Waals surface area contributed by atoms with Crippen LogP contribution >= 0.6 is 24.8 Å². The maximum absolute atomic E-state index is 10.1. The van der Waals surface area contributed by atoms with Crippen LogP contribution in [-0.2, 0) is 0 Å². The Labute approximate surface area is 188 Å². The number of hydrogen-bond donors (Lipinski definition) is 4. The van der Waals surface area contributed by atoms with Crippen molar-refractivity contribution >= 4 is 24.8 Å². The lowest BCUT2D eigenvalue weighted by molar-refractivity contribution is 0.0903. The number of aliphatic hydroxyl groups excluding tert-OH is 2. The highest BCUT2D eigenvalue weighted by Gasteiger charge is 2.17. The van der Waals surface area contributed by atoms with Crippen LogP contribution in [0, 0.1) is 0 Å². The summed E-state index contributed by atoms with van der Waals surface area (Å²) in [5, 5.41) is 26.6. The van der Waals surface area contributed by atoms with Crippen molar-refractivity contribution in [2.75, 3.05) is 26.3 Å². The fourth-order valence-electron chi connectivity index (χ4n) is 2.48. The Hall–Kier alpha value is -0.760. The third-order valence-corrected chi connectivity index (χ3v) is 4.01. The van der Waals surface area contributed by atoms with Crippen LogP contribution < -0.4 is 20.1 Å². The van der Waals surface area contributed by atoms with E-state index in [0.29, 0.717) is 36.7 Å². The van der Waals surface area contributed by atoms with Gasteiger partial charge in [0.15, 0.2) is 11.5 Å². The molecule has 0 bridgehead atoms. The number of aliphatic hydroxyl groups is 2. The van der Waals surface area contributed by atoms with Crippen LogP contribution in [0.15, 0.2) is 18.2 Å². The molecule has 172 valence electrons. The SMILES string of the molecule is CC(C)NCC(O)COc1cccc(C(C)C)c1OCC(O)CNC(C)C.Cl.Cl. The van der Waals surface area contributed by atoms with Gasteiger partial charge in [-0.2, -0.15) is 0 Å². The molecule has 0 heterocycles. The molecule has 2 atom stereocenters. The van der Waals surface area contributed by atoms with Crippen molar-refractivity contribution in [1.82, 2.24) is 10.6 Å². The maximum Gasteiger partial charge on any atom is 0.164 e. The molecule has 6 nitrogen and oxygen atoms in total. The molecule has 0 saturated heterocycles. The van der Waals surface area contributed by atoms with Gasteiger partial charge < -0.3 is 30.3 Å². The number of nitrogens with one attached hydrogen (secondary N) is 2. The van der Waals surface area contributed by atoms with Gasteiger partial charge in [0, 0.05) is 30.7 Å². The molecule has 4 N–H and O–H groups in total. The second-order valence-corrected chi connectivity index (χ2v) is 7.88. The molecular weight excluding hydrogens is 415 g/mol. The van der Waals surface area contributed by atoms with E-state index in [0.717, 1.165) is 5.56 Å². The van der Waals surface area contributed by atoms with Gasteiger partial charge in [0.05, 0.1) is 0 Å². The minimum absolute atomic E-state index is 0. The van der Waals surface area contributed by atoms with E-state index >= 15 is 0 Å². The summed E-state index contributed by atoms with van der Waals surface area (Å²) in [5.41, 5.74) is 1.02. The average molecular weight is 455 g/mol. The van der Waals surface area contributed by atoms with Gasteiger partial charge in [0.1, 0.15) is 25.4 Å². The van der Waals surface area contributed by atoms with Gasteiger partial charge in [-0.1, -0.05) is 53.7 Å². The fraction of sp³-hybridized carbons (Fsp3) is 0.714. The minimum atomic E-state index is -0.610. The first-order valence-corrected chi connectivity index (χ1v) is 9.92. The van der Waals surface area contributed by atoms with Gasteiger partial charge in [0.25, 0.3) is 0 Å². The molecule has 0 spiro atoms. The topological polar surface area (TPSA) is 83.0 Å². The zero-order valence-electron chi connectivity index (χ0n) is 18.5. The summed E-state index contributed by atoms with van der Waals surface area (Å²) >= 11 is 0.